The Balaban J connectivity index is 0.00000261. The van der Waals surface area contributed by atoms with Crippen molar-refractivity contribution in [2.24, 2.45) is 0 Å². The van der Waals surface area contributed by atoms with E-state index in [4.69, 9.17) is 9.47 Å². The van der Waals surface area contributed by atoms with Crippen molar-refractivity contribution in [1.82, 2.24) is 4.90 Å². The van der Waals surface area contributed by atoms with Gasteiger partial charge in [0.1, 0.15) is 19.0 Å². The molecule has 0 saturated carbocycles. The van der Waals surface area contributed by atoms with Crippen LogP contribution in [0.5, 0.6) is 5.75 Å². The monoisotopic (exact) mass is 390 g/mol. The predicted octanol–water partition coefficient (Wildman–Crippen LogP) is 4.72. The molecule has 0 unspecified atom stereocenters. The highest BCUT2D eigenvalue weighted by molar-refractivity contribution is 5.85. The summed E-state index contributed by atoms with van der Waals surface area (Å²) in [6.45, 7) is 3.96. The third-order valence-electron chi connectivity index (χ3n) is 4.44. The number of piperidine rings is 1. The normalized spacial score (nSPS) is 14.1. The van der Waals surface area contributed by atoms with Crippen molar-refractivity contribution in [3.05, 3.63) is 60.2 Å². The SMILES string of the molecule is Cl.O=C(Nc1ccc(OCc2ccccc2)cc1)OCCN1CCCCC1. The van der Waals surface area contributed by atoms with Crippen LogP contribution in [-0.4, -0.2) is 37.2 Å². The molecule has 1 fully saturated rings. The van der Waals surface area contributed by atoms with E-state index in [0.29, 0.717) is 18.9 Å². The van der Waals surface area contributed by atoms with Crippen molar-refractivity contribution in [3.8, 4) is 5.75 Å². The van der Waals surface area contributed by atoms with Crippen molar-refractivity contribution in [2.75, 3.05) is 31.6 Å². The fourth-order valence-electron chi connectivity index (χ4n) is 2.98. The maximum Gasteiger partial charge on any atom is 0.411 e. The van der Waals surface area contributed by atoms with E-state index in [-0.39, 0.29) is 12.4 Å². The summed E-state index contributed by atoms with van der Waals surface area (Å²) in [5.41, 5.74) is 1.81. The molecular formula is C21H27ClN2O3. The molecule has 1 saturated heterocycles. The molecule has 6 heteroatoms. The van der Waals surface area contributed by atoms with E-state index in [1.165, 1.54) is 19.3 Å². The number of halogens is 1. The Morgan fingerprint density at radius 3 is 2.37 bits per heavy atom. The molecule has 2 aromatic carbocycles. The van der Waals surface area contributed by atoms with Gasteiger partial charge in [-0.05, 0) is 55.8 Å². The zero-order valence-electron chi connectivity index (χ0n) is 15.4. The summed E-state index contributed by atoms with van der Waals surface area (Å²) < 4.78 is 11.0. The largest absolute Gasteiger partial charge is 0.489 e. The average Bonchev–Trinajstić information content (AvgIpc) is 2.69. The minimum absolute atomic E-state index is 0. The molecular weight excluding hydrogens is 364 g/mol. The average molecular weight is 391 g/mol. The Hall–Kier alpha value is -2.24. The Kier molecular flexibility index (Phi) is 8.95. The highest BCUT2D eigenvalue weighted by Gasteiger charge is 2.10. The van der Waals surface area contributed by atoms with Crippen LogP contribution in [0.25, 0.3) is 0 Å². The van der Waals surface area contributed by atoms with Gasteiger partial charge in [0.25, 0.3) is 0 Å². The van der Waals surface area contributed by atoms with E-state index >= 15 is 0 Å². The van der Waals surface area contributed by atoms with E-state index in [1.807, 2.05) is 54.6 Å². The first kappa shape index (κ1) is 21.1. The van der Waals surface area contributed by atoms with Crippen molar-refractivity contribution in [2.45, 2.75) is 25.9 Å². The molecule has 1 aliphatic rings. The van der Waals surface area contributed by atoms with Crippen molar-refractivity contribution < 1.29 is 14.3 Å². The molecule has 0 spiro atoms. The Morgan fingerprint density at radius 1 is 0.963 bits per heavy atom. The second-order valence-electron chi connectivity index (χ2n) is 6.46. The van der Waals surface area contributed by atoms with Gasteiger partial charge in [0.05, 0.1) is 0 Å². The second-order valence-corrected chi connectivity index (χ2v) is 6.46. The molecule has 146 valence electrons. The van der Waals surface area contributed by atoms with Crippen molar-refractivity contribution >= 4 is 24.2 Å². The van der Waals surface area contributed by atoms with Gasteiger partial charge in [0.2, 0.25) is 0 Å². The lowest BCUT2D eigenvalue weighted by Crippen LogP contribution is -2.33. The van der Waals surface area contributed by atoms with Crippen LogP contribution in [0.1, 0.15) is 24.8 Å². The molecule has 0 aliphatic carbocycles. The van der Waals surface area contributed by atoms with Gasteiger partial charge in [0.15, 0.2) is 0 Å². The third-order valence-corrected chi connectivity index (χ3v) is 4.44. The maximum atomic E-state index is 11.9. The van der Waals surface area contributed by atoms with E-state index in [1.54, 1.807) is 0 Å². The summed E-state index contributed by atoms with van der Waals surface area (Å²) in [5, 5.41) is 2.75. The molecule has 27 heavy (non-hydrogen) atoms. The predicted molar refractivity (Wildman–Crippen MR) is 110 cm³/mol. The third kappa shape index (κ3) is 7.49. The smallest absolute Gasteiger partial charge is 0.411 e. The molecule has 1 N–H and O–H groups in total. The van der Waals surface area contributed by atoms with Crippen LogP contribution in [-0.2, 0) is 11.3 Å². The van der Waals surface area contributed by atoms with E-state index in [2.05, 4.69) is 10.2 Å². The Labute approximate surface area is 167 Å². The van der Waals surface area contributed by atoms with Gasteiger partial charge in [-0.1, -0.05) is 36.8 Å². The molecule has 1 amide bonds. The van der Waals surface area contributed by atoms with Gasteiger partial charge < -0.3 is 9.47 Å². The molecule has 2 aromatic rings. The lowest BCUT2D eigenvalue weighted by molar-refractivity contribution is 0.131. The van der Waals surface area contributed by atoms with Gasteiger partial charge in [0, 0.05) is 12.2 Å². The molecule has 0 bridgehead atoms. The van der Waals surface area contributed by atoms with Crippen LogP contribution in [0.4, 0.5) is 10.5 Å². The van der Waals surface area contributed by atoms with Crippen LogP contribution in [0.15, 0.2) is 54.6 Å². The van der Waals surface area contributed by atoms with Crippen molar-refractivity contribution in [3.63, 3.8) is 0 Å². The number of benzene rings is 2. The summed E-state index contributed by atoms with van der Waals surface area (Å²) in [7, 11) is 0. The summed E-state index contributed by atoms with van der Waals surface area (Å²) in [4.78, 5) is 14.2. The number of carbonyl (C=O) groups is 1. The van der Waals surface area contributed by atoms with Crippen molar-refractivity contribution in [1.29, 1.82) is 0 Å². The summed E-state index contributed by atoms with van der Waals surface area (Å²) in [5.74, 6) is 0.762. The van der Waals surface area contributed by atoms with Crippen LogP contribution in [0.2, 0.25) is 0 Å². The van der Waals surface area contributed by atoms with E-state index in [0.717, 1.165) is 30.9 Å². The number of rotatable bonds is 7. The van der Waals surface area contributed by atoms with Crippen LogP contribution in [0, 0.1) is 0 Å². The lowest BCUT2D eigenvalue weighted by atomic mass is 10.1. The molecule has 0 aromatic heterocycles. The van der Waals surface area contributed by atoms with Crippen LogP contribution in [0.3, 0.4) is 0 Å². The Morgan fingerprint density at radius 2 is 1.67 bits per heavy atom. The van der Waals surface area contributed by atoms with Gasteiger partial charge in [-0.25, -0.2) is 4.79 Å². The zero-order valence-corrected chi connectivity index (χ0v) is 16.2. The van der Waals surface area contributed by atoms with Gasteiger partial charge in [-0.15, -0.1) is 12.4 Å². The van der Waals surface area contributed by atoms with Crippen LogP contribution >= 0.6 is 12.4 Å². The van der Waals surface area contributed by atoms with E-state index in [9.17, 15) is 4.79 Å². The number of anilines is 1. The number of nitrogens with one attached hydrogen (secondary N) is 1. The number of ether oxygens (including phenoxy) is 2. The molecule has 0 atom stereocenters. The second kappa shape index (κ2) is 11.5. The minimum atomic E-state index is -0.417. The van der Waals surface area contributed by atoms with Crippen LogP contribution < -0.4 is 10.1 Å². The van der Waals surface area contributed by atoms with Gasteiger partial charge in [-0.3, -0.25) is 10.2 Å². The topological polar surface area (TPSA) is 50.8 Å². The fourth-order valence-corrected chi connectivity index (χ4v) is 2.98. The summed E-state index contributed by atoms with van der Waals surface area (Å²) >= 11 is 0. The first-order valence-electron chi connectivity index (χ1n) is 9.22. The molecule has 1 heterocycles. The maximum absolute atomic E-state index is 11.9. The van der Waals surface area contributed by atoms with Gasteiger partial charge >= 0.3 is 6.09 Å². The number of nitrogens with zero attached hydrogens (tertiary/aromatic N) is 1. The fraction of sp³-hybridized carbons (Fsp3) is 0.381. The number of amides is 1. The summed E-state index contributed by atoms with van der Waals surface area (Å²) in [6.07, 6.45) is 3.37. The first-order chi connectivity index (χ1) is 12.8. The highest BCUT2D eigenvalue weighted by atomic mass is 35.5. The molecule has 3 rings (SSSR count). The Bertz CT molecular complexity index is 674. The highest BCUT2D eigenvalue weighted by Crippen LogP contribution is 2.17. The first-order valence-corrected chi connectivity index (χ1v) is 9.22. The summed E-state index contributed by atoms with van der Waals surface area (Å²) in [6, 6.07) is 17.3. The molecule has 5 nitrogen and oxygen atoms in total. The van der Waals surface area contributed by atoms with E-state index < -0.39 is 6.09 Å². The molecule has 0 radical (unpaired) electrons. The quantitative estimate of drug-likeness (QED) is 0.743. The zero-order chi connectivity index (χ0) is 18.0. The number of carbonyl (C=O) groups excluding carboxylic acids is 1. The number of likely N-dealkylation sites (tertiary alicyclic amines) is 1. The minimum Gasteiger partial charge on any atom is -0.489 e. The van der Waals surface area contributed by atoms with Gasteiger partial charge in [-0.2, -0.15) is 0 Å². The number of hydrogen-bond acceptors (Lipinski definition) is 4. The number of hydrogen-bond donors (Lipinski definition) is 1. The molecule has 1 aliphatic heterocycles. The lowest BCUT2D eigenvalue weighted by Gasteiger charge is -2.25. The standard InChI is InChI=1S/C21H26N2O3.ClH/c24-21(25-16-15-23-13-5-2-6-14-23)22-19-9-11-20(12-10-19)26-17-18-7-3-1-4-8-18;/h1,3-4,7-12H,2,5-6,13-17H2,(H,22,24);1H.